The van der Waals surface area contributed by atoms with E-state index >= 15 is 0 Å². The lowest BCUT2D eigenvalue weighted by molar-refractivity contribution is -0.140. The molecule has 1 heterocycles. The van der Waals surface area contributed by atoms with Crippen molar-refractivity contribution in [3.8, 4) is 0 Å². The van der Waals surface area contributed by atoms with Crippen LogP contribution in [0.3, 0.4) is 0 Å². The summed E-state index contributed by atoms with van der Waals surface area (Å²) < 4.78 is 0. The molecule has 1 saturated carbocycles. The maximum atomic E-state index is 11.8. The first-order valence-corrected chi connectivity index (χ1v) is 7.88. The number of urea groups is 1. The Hall–Kier alpha value is -1.44. The van der Waals surface area contributed by atoms with E-state index in [0.717, 1.165) is 12.8 Å². The number of carboxylic acid groups (broad SMARTS) is 1. The molecule has 2 aliphatic rings. The molecule has 2 rings (SSSR count). The number of carbonyl (C=O) groups excluding carboxylic acids is 2. The Morgan fingerprint density at radius 1 is 1.30 bits per heavy atom. The van der Waals surface area contributed by atoms with E-state index in [1.807, 2.05) is 0 Å². The van der Waals surface area contributed by atoms with Crippen molar-refractivity contribution in [2.75, 3.05) is 18.2 Å². The summed E-state index contributed by atoms with van der Waals surface area (Å²) in [5.41, 5.74) is 0. The van der Waals surface area contributed by atoms with Gasteiger partial charge in [-0.05, 0) is 19.3 Å². The Kier molecular flexibility index (Phi) is 5.11. The second kappa shape index (κ2) is 6.83. The number of carbonyl (C=O) groups is 3. The fourth-order valence-corrected chi connectivity index (χ4v) is 3.07. The van der Waals surface area contributed by atoms with Gasteiger partial charge in [0.15, 0.2) is 0 Å². The van der Waals surface area contributed by atoms with Crippen molar-refractivity contribution >= 4 is 29.7 Å². The van der Waals surface area contributed by atoms with E-state index in [2.05, 4.69) is 10.6 Å². The standard InChI is InChI=1S/C12H19N3O4S/c16-10(14-8-3-4-8)2-1-5-13-12(19)15-7-20-6-9(15)11(17)18/h8-9H,1-7H2,(H,13,19)(H,14,16)(H,17,18). The Labute approximate surface area is 121 Å². The summed E-state index contributed by atoms with van der Waals surface area (Å²) in [5.74, 6) is -0.145. The molecule has 1 saturated heterocycles. The number of hydrogen-bond donors (Lipinski definition) is 3. The summed E-state index contributed by atoms with van der Waals surface area (Å²) in [7, 11) is 0. The smallest absolute Gasteiger partial charge is 0.327 e. The highest BCUT2D eigenvalue weighted by molar-refractivity contribution is 7.99. The van der Waals surface area contributed by atoms with Crippen LogP contribution in [0.25, 0.3) is 0 Å². The third-order valence-corrected chi connectivity index (χ3v) is 4.24. The van der Waals surface area contributed by atoms with Gasteiger partial charge in [0.1, 0.15) is 6.04 Å². The predicted octanol–water partition coefficient (Wildman–Crippen LogP) is 0.214. The van der Waals surface area contributed by atoms with Gasteiger partial charge in [-0.1, -0.05) is 0 Å². The third kappa shape index (κ3) is 4.29. The molecule has 8 heteroatoms. The second-order valence-corrected chi connectivity index (χ2v) is 6.00. The van der Waals surface area contributed by atoms with E-state index in [1.54, 1.807) is 0 Å². The van der Waals surface area contributed by atoms with Crippen LogP contribution in [-0.4, -0.2) is 58.2 Å². The number of amides is 3. The molecule has 0 radical (unpaired) electrons. The molecule has 2 fully saturated rings. The van der Waals surface area contributed by atoms with Crippen LogP contribution in [0.1, 0.15) is 25.7 Å². The van der Waals surface area contributed by atoms with Gasteiger partial charge in [-0.2, -0.15) is 0 Å². The lowest BCUT2D eigenvalue weighted by atomic mass is 10.3. The van der Waals surface area contributed by atoms with Crippen LogP contribution < -0.4 is 10.6 Å². The number of carboxylic acids is 1. The molecule has 0 aromatic carbocycles. The molecule has 20 heavy (non-hydrogen) atoms. The van der Waals surface area contributed by atoms with Crippen LogP contribution in [0.15, 0.2) is 0 Å². The van der Waals surface area contributed by atoms with E-state index in [-0.39, 0.29) is 11.9 Å². The summed E-state index contributed by atoms with van der Waals surface area (Å²) in [4.78, 5) is 35.5. The van der Waals surface area contributed by atoms with Gasteiger partial charge in [0.05, 0.1) is 5.88 Å². The lowest BCUT2D eigenvalue weighted by Crippen LogP contribution is -2.47. The second-order valence-electron chi connectivity index (χ2n) is 5.00. The van der Waals surface area contributed by atoms with Crippen molar-refractivity contribution in [1.82, 2.24) is 15.5 Å². The molecule has 0 aromatic rings. The zero-order chi connectivity index (χ0) is 14.5. The molecule has 0 bridgehead atoms. The molecule has 0 aromatic heterocycles. The van der Waals surface area contributed by atoms with Crippen LogP contribution >= 0.6 is 11.8 Å². The molecule has 1 unspecified atom stereocenters. The highest BCUT2D eigenvalue weighted by Gasteiger charge is 2.34. The number of rotatable bonds is 6. The van der Waals surface area contributed by atoms with Crippen LogP contribution in [0.5, 0.6) is 0 Å². The Bertz CT molecular complexity index is 400. The molecule has 1 aliphatic heterocycles. The fraction of sp³-hybridized carbons (Fsp3) is 0.750. The van der Waals surface area contributed by atoms with E-state index in [1.165, 1.54) is 16.7 Å². The summed E-state index contributed by atoms with van der Waals surface area (Å²) >= 11 is 1.42. The van der Waals surface area contributed by atoms with E-state index in [0.29, 0.717) is 37.1 Å². The molecule has 112 valence electrons. The minimum Gasteiger partial charge on any atom is -0.480 e. The minimum absolute atomic E-state index is 0.0156. The van der Waals surface area contributed by atoms with Gasteiger partial charge in [0.2, 0.25) is 5.91 Å². The number of hydrogen-bond acceptors (Lipinski definition) is 4. The summed E-state index contributed by atoms with van der Waals surface area (Å²) in [6, 6.07) is -0.766. The van der Waals surface area contributed by atoms with Gasteiger partial charge in [-0.25, -0.2) is 9.59 Å². The van der Waals surface area contributed by atoms with Crippen molar-refractivity contribution in [1.29, 1.82) is 0 Å². The van der Waals surface area contributed by atoms with Gasteiger partial charge in [0.25, 0.3) is 0 Å². The number of aliphatic carboxylic acids is 1. The zero-order valence-corrected chi connectivity index (χ0v) is 11.9. The highest BCUT2D eigenvalue weighted by Crippen LogP contribution is 2.21. The number of nitrogens with zero attached hydrogens (tertiary/aromatic N) is 1. The topological polar surface area (TPSA) is 98.7 Å². The molecule has 7 nitrogen and oxygen atoms in total. The van der Waals surface area contributed by atoms with Crippen molar-refractivity contribution < 1.29 is 19.5 Å². The SMILES string of the molecule is O=C(CCCNC(=O)N1CSCC1C(=O)O)NC1CC1. The fourth-order valence-electron chi connectivity index (χ4n) is 1.92. The Morgan fingerprint density at radius 2 is 2.05 bits per heavy atom. The highest BCUT2D eigenvalue weighted by atomic mass is 32.2. The zero-order valence-electron chi connectivity index (χ0n) is 11.1. The molecule has 1 atom stereocenters. The minimum atomic E-state index is -0.978. The Morgan fingerprint density at radius 3 is 2.70 bits per heavy atom. The normalized spacial score (nSPS) is 21.6. The van der Waals surface area contributed by atoms with Gasteiger partial charge in [-0.3, -0.25) is 4.79 Å². The molecular weight excluding hydrogens is 282 g/mol. The molecule has 1 aliphatic carbocycles. The summed E-state index contributed by atoms with van der Waals surface area (Å²) in [6.45, 7) is 0.379. The quantitative estimate of drug-likeness (QED) is 0.609. The average molecular weight is 301 g/mol. The monoisotopic (exact) mass is 301 g/mol. The number of nitrogens with one attached hydrogen (secondary N) is 2. The first kappa shape index (κ1) is 15.0. The van der Waals surface area contributed by atoms with Crippen LogP contribution in [0.4, 0.5) is 4.79 Å². The molecule has 3 amide bonds. The predicted molar refractivity (Wildman–Crippen MR) is 74.4 cm³/mol. The maximum absolute atomic E-state index is 11.8. The average Bonchev–Trinajstić information content (AvgIpc) is 3.06. The van der Waals surface area contributed by atoms with Gasteiger partial charge >= 0.3 is 12.0 Å². The van der Waals surface area contributed by atoms with Crippen LogP contribution in [-0.2, 0) is 9.59 Å². The Balaban J connectivity index is 1.61. The van der Waals surface area contributed by atoms with Gasteiger partial charge in [-0.15, -0.1) is 11.8 Å². The van der Waals surface area contributed by atoms with E-state index in [9.17, 15) is 14.4 Å². The van der Waals surface area contributed by atoms with Crippen molar-refractivity contribution in [2.45, 2.75) is 37.8 Å². The number of thioether (sulfide) groups is 1. The largest absolute Gasteiger partial charge is 0.480 e. The maximum Gasteiger partial charge on any atom is 0.327 e. The van der Waals surface area contributed by atoms with E-state index < -0.39 is 12.0 Å². The van der Waals surface area contributed by atoms with Crippen molar-refractivity contribution in [2.24, 2.45) is 0 Å². The van der Waals surface area contributed by atoms with Gasteiger partial charge < -0.3 is 20.6 Å². The van der Waals surface area contributed by atoms with Crippen LogP contribution in [0.2, 0.25) is 0 Å². The summed E-state index contributed by atoms with van der Waals surface area (Å²) in [6.07, 6.45) is 3.06. The molecular formula is C12H19N3O4S. The molecule has 3 N–H and O–H groups in total. The summed E-state index contributed by atoms with van der Waals surface area (Å²) in [5, 5.41) is 14.5. The van der Waals surface area contributed by atoms with Gasteiger partial charge in [0, 0.05) is 24.8 Å². The third-order valence-electron chi connectivity index (χ3n) is 3.23. The van der Waals surface area contributed by atoms with E-state index in [4.69, 9.17) is 5.11 Å². The molecule has 0 spiro atoms. The first-order chi connectivity index (χ1) is 9.58. The van der Waals surface area contributed by atoms with Crippen molar-refractivity contribution in [3.63, 3.8) is 0 Å². The lowest BCUT2D eigenvalue weighted by Gasteiger charge is -2.20. The van der Waals surface area contributed by atoms with Crippen molar-refractivity contribution in [3.05, 3.63) is 0 Å². The van der Waals surface area contributed by atoms with Crippen LogP contribution in [0, 0.1) is 0 Å². The first-order valence-electron chi connectivity index (χ1n) is 6.72.